The van der Waals surface area contributed by atoms with E-state index >= 15 is 0 Å². The zero-order valence-corrected chi connectivity index (χ0v) is 30.9. The van der Waals surface area contributed by atoms with Gasteiger partial charge in [0.2, 0.25) is 29.6 Å². The molecule has 6 aromatic rings. The molecule has 0 unspecified atom stereocenters. The topological polar surface area (TPSA) is 262 Å². The van der Waals surface area contributed by atoms with E-state index in [2.05, 4.69) is 30.8 Å². The lowest BCUT2D eigenvalue weighted by Crippen LogP contribution is -2.40. The number of aromatic nitrogens is 8. The van der Waals surface area contributed by atoms with Gasteiger partial charge in [-0.3, -0.25) is 44.0 Å². The molecule has 294 valence electrons. The number of nitrogens with two attached hydrogens (primary N) is 3. The number of rotatable bonds is 15. The number of hydrogen-bond donors (Lipinski definition) is 5. The molecule has 8 N–H and O–H groups in total. The fourth-order valence-electron chi connectivity index (χ4n) is 6.41. The van der Waals surface area contributed by atoms with Crippen molar-refractivity contribution in [2.75, 3.05) is 30.3 Å². The Morgan fingerprint density at radius 3 is 1.45 bits per heavy atom. The molecular formula is C37H46N14O5. The van der Waals surface area contributed by atoms with Crippen molar-refractivity contribution in [1.29, 1.82) is 0 Å². The van der Waals surface area contributed by atoms with E-state index < -0.39 is 23.6 Å². The molecule has 0 aliphatic carbocycles. The van der Waals surface area contributed by atoms with Crippen molar-refractivity contribution in [2.45, 2.75) is 61.3 Å². The lowest BCUT2D eigenvalue weighted by atomic mass is 10.2. The number of carbonyl (C=O) groups is 5. The van der Waals surface area contributed by atoms with Crippen LogP contribution in [0.2, 0.25) is 0 Å². The summed E-state index contributed by atoms with van der Waals surface area (Å²) >= 11 is 0. The molecule has 2 aromatic carbocycles. The summed E-state index contributed by atoms with van der Waals surface area (Å²) in [6, 6.07) is 12.9. The number of primary amides is 2. The van der Waals surface area contributed by atoms with Gasteiger partial charge >= 0.3 is 0 Å². The Kier molecular flexibility index (Phi) is 12.0. The molecule has 0 aliphatic heterocycles. The van der Waals surface area contributed by atoms with Crippen LogP contribution in [0.1, 0.15) is 74.4 Å². The van der Waals surface area contributed by atoms with Crippen LogP contribution in [0.3, 0.4) is 0 Å². The van der Waals surface area contributed by atoms with E-state index in [1.807, 2.05) is 13.8 Å². The third kappa shape index (κ3) is 8.11. The Bertz CT molecular complexity index is 2310. The van der Waals surface area contributed by atoms with Gasteiger partial charge in [-0.05, 0) is 76.2 Å². The fourth-order valence-corrected chi connectivity index (χ4v) is 6.41. The van der Waals surface area contributed by atoms with Crippen molar-refractivity contribution >= 4 is 63.5 Å². The molecule has 0 aliphatic rings. The van der Waals surface area contributed by atoms with Gasteiger partial charge < -0.3 is 31.2 Å². The lowest BCUT2D eigenvalue weighted by Gasteiger charge is -2.24. The summed E-state index contributed by atoms with van der Waals surface area (Å²) in [6.45, 7) is 8.56. The molecule has 0 radical (unpaired) electrons. The van der Waals surface area contributed by atoms with Crippen molar-refractivity contribution in [2.24, 2.45) is 17.2 Å². The van der Waals surface area contributed by atoms with Crippen molar-refractivity contribution in [3.05, 3.63) is 82.4 Å². The van der Waals surface area contributed by atoms with E-state index in [1.54, 1.807) is 73.6 Å². The van der Waals surface area contributed by atoms with Crippen LogP contribution in [0.4, 0.5) is 11.9 Å². The summed E-state index contributed by atoms with van der Waals surface area (Å²) in [4.78, 5) is 75.0. The second-order valence-corrected chi connectivity index (χ2v) is 12.8. The van der Waals surface area contributed by atoms with Crippen LogP contribution in [-0.2, 0) is 31.0 Å². The number of anilines is 2. The van der Waals surface area contributed by atoms with Crippen LogP contribution in [0, 0.1) is 13.8 Å². The van der Waals surface area contributed by atoms with E-state index in [9.17, 15) is 24.0 Å². The molecule has 0 fully saturated rings. The molecule has 0 saturated carbocycles. The van der Waals surface area contributed by atoms with Crippen molar-refractivity contribution in [1.82, 2.24) is 43.6 Å². The van der Waals surface area contributed by atoms with E-state index in [4.69, 9.17) is 17.2 Å². The van der Waals surface area contributed by atoms with Gasteiger partial charge in [0.1, 0.15) is 11.4 Å². The fraction of sp³-hybridized carbons (Fsp3) is 0.324. The van der Waals surface area contributed by atoms with Crippen molar-refractivity contribution in [3.8, 4) is 0 Å². The Morgan fingerprint density at radius 1 is 0.679 bits per heavy atom. The largest absolute Gasteiger partial charge is 0.366 e. The predicted octanol–water partition coefficient (Wildman–Crippen LogP) is 2.26. The minimum atomic E-state index is -0.636. The first-order valence-corrected chi connectivity index (χ1v) is 17.6. The molecule has 0 spiro atoms. The highest BCUT2D eigenvalue weighted by Gasteiger charge is 2.23. The SMILES string of the molecule is C.CCn1nc(C)cc1C(=O)Nc1nc2cc(C(N)=O)ccc2n1CCN(CCn1c(NC(=O)c2cc(C)nn2CC)nc2cc(C(N)=O)ccc21)C(=O)CN. The first kappa shape index (κ1) is 40.3. The molecule has 6 rings (SSSR count). The van der Waals surface area contributed by atoms with Gasteiger partial charge in [-0.1, -0.05) is 7.43 Å². The standard InChI is InChI=1S/C36H42N14O5.CH4/c1-5-49-28(15-20(3)44-49)33(54)42-35-40-24-17-22(31(38)52)7-9-26(24)47(35)13-11-46(30(51)19-37)12-14-48-27-10-8-23(32(39)53)18-25(27)41-36(48)43-34(55)29-16-21(4)45-50(29)6-2;/h7-10,15-18H,5-6,11-14,19,37H2,1-4H3,(H2,38,52)(H2,39,53)(H,40,42,54)(H,41,43,55);1H4. The maximum Gasteiger partial charge on any atom is 0.276 e. The number of carbonyl (C=O) groups excluding carboxylic acids is 5. The van der Waals surface area contributed by atoms with E-state index in [-0.39, 0.29) is 69.1 Å². The number of fused-ring (bicyclic) bond motifs is 2. The Labute approximate surface area is 321 Å². The quantitative estimate of drug-likeness (QED) is 0.102. The average Bonchev–Trinajstić information content (AvgIpc) is 3.92. The minimum absolute atomic E-state index is 0. The molecular weight excluding hydrogens is 720 g/mol. The summed E-state index contributed by atoms with van der Waals surface area (Å²) in [7, 11) is 0. The van der Waals surface area contributed by atoms with E-state index in [1.165, 1.54) is 12.1 Å². The molecule has 19 heteroatoms. The number of aryl methyl sites for hydroxylation is 4. The monoisotopic (exact) mass is 766 g/mol. The Hall–Kier alpha value is -6.89. The number of imidazole rings is 2. The molecule has 56 heavy (non-hydrogen) atoms. The van der Waals surface area contributed by atoms with Gasteiger partial charge in [-0.25, -0.2) is 9.97 Å². The highest BCUT2D eigenvalue weighted by atomic mass is 16.2. The maximum atomic E-state index is 13.5. The Morgan fingerprint density at radius 2 is 1.09 bits per heavy atom. The number of amides is 5. The smallest absolute Gasteiger partial charge is 0.276 e. The van der Waals surface area contributed by atoms with Gasteiger partial charge in [0.05, 0.1) is 40.0 Å². The zero-order valence-electron chi connectivity index (χ0n) is 30.9. The van der Waals surface area contributed by atoms with Crippen LogP contribution >= 0.6 is 0 Å². The Balaban J connectivity index is 0.00000600. The second kappa shape index (κ2) is 16.6. The third-order valence-corrected chi connectivity index (χ3v) is 9.10. The molecule has 5 amide bonds. The van der Waals surface area contributed by atoms with Crippen LogP contribution in [0.15, 0.2) is 48.5 Å². The van der Waals surface area contributed by atoms with Crippen LogP contribution in [0.5, 0.6) is 0 Å². The lowest BCUT2D eigenvalue weighted by molar-refractivity contribution is -0.130. The van der Waals surface area contributed by atoms with Crippen LogP contribution in [-0.4, -0.2) is 92.7 Å². The zero-order chi connectivity index (χ0) is 39.6. The second-order valence-electron chi connectivity index (χ2n) is 12.8. The molecule has 0 bridgehead atoms. The molecule has 0 atom stereocenters. The van der Waals surface area contributed by atoms with Gasteiger partial charge in [0, 0.05) is 50.4 Å². The number of nitrogens with zero attached hydrogens (tertiary/aromatic N) is 9. The summed E-state index contributed by atoms with van der Waals surface area (Å²) in [5.41, 5.74) is 21.4. The summed E-state index contributed by atoms with van der Waals surface area (Å²) in [5, 5.41) is 14.5. The molecule has 0 saturated heterocycles. The minimum Gasteiger partial charge on any atom is -0.366 e. The van der Waals surface area contributed by atoms with Gasteiger partial charge in [0.25, 0.3) is 11.8 Å². The van der Waals surface area contributed by atoms with E-state index in [0.29, 0.717) is 57.9 Å². The highest BCUT2D eigenvalue weighted by molar-refractivity contribution is 6.04. The first-order chi connectivity index (χ1) is 26.3. The maximum absolute atomic E-state index is 13.5. The normalized spacial score (nSPS) is 11.1. The number of hydrogen-bond acceptors (Lipinski definition) is 10. The number of benzene rings is 2. The molecule has 4 aromatic heterocycles. The third-order valence-electron chi connectivity index (χ3n) is 9.10. The van der Waals surface area contributed by atoms with Crippen molar-refractivity contribution in [3.63, 3.8) is 0 Å². The van der Waals surface area contributed by atoms with Gasteiger partial charge in [-0.2, -0.15) is 10.2 Å². The van der Waals surface area contributed by atoms with Gasteiger partial charge in [0.15, 0.2) is 0 Å². The average molecular weight is 767 g/mol. The predicted molar refractivity (Wildman–Crippen MR) is 210 cm³/mol. The summed E-state index contributed by atoms with van der Waals surface area (Å²) < 4.78 is 6.62. The summed E-state index contributed by atoms with van der Waals surface area (Å²) in [5.74, 6) is -2.15. The first-order valence-electron chi connectivity index (χ1n) is 17.6. The molecule has 4 heterocycles. The van der Waals surface area contributed by atoms with Gasteiger partial charge in [-0.15, -0.1) is 0 Å². The van der Waals surface area contributed by atoms with E-state index in [0.717, 1.165) is 0 Å². The van der Waals surface area contributed by atoms with Crippen LogP contribution in [0.25, 0.3) is 22.1 Å². The van der Waals surface area contributed by atoms with Crippen LogP contribution < -0.4 is 27.8 Å². The number of nitrogens with one attached hydrogen (secondary N) is 2. The highest BCUT2D eigenvalue weighted by Crippen LogP contribution is 2.24. The molecule has 19 nitrogen and oxygen atoms in total. The van der Waals surface area contributed by atoms with Crippen molar-refractivity contribution < 1.29 is 24.0 Å². The summed E-state index contributed by atoms with van der Waals surface area (Å²) in [6.07, 6.45) is 0.